The van der Waals surface area contributed by atoms with E-state index in [0.717, 1.165) is 18.4 Å². The Morgan fingerprint density at radius 3 is 2.58 bits per heavy atom. The Morgan fingerprint density at radius 1 is 1.16 bits per heavy atom. The van der Waals surface area contributed by atoms with Gasteiger partial charge >= 0.3 is 0 Å². The predicted molar refractivity (Wildman–Crippen MR) is 83.5 cm³/mol. The van der Waals surface area contributed by atoms with Crippen molar-refractivity contribution in [2.75, 3.05) is 6.54 Å². The first-order valence-corrected chi connectivity index (χ1v) is 8.00. The molecule has 0 amide bonds. The average molecular weight is 259 g/mol. The maximum Gasteiger partial charge on any atom is 0.00985 e. The maximum absolute atomic E-state index is 3.74. The number of benzene rings is 1. The van der Waals surface area contributed by atoms with Gasteiger partial charge in [0.1, 0.15) is 0 Å². The molecule has 106 valence electrons. The third-order valence-electron chi connectivity index (χ3n) is 4.48. The molecule has 1 aromatic rings. The Morgan fingerprint density at radius 2 is 1.89 bits per heavy atom. The second-order valence-corrected chi connectivity index (χ2v) is 6.41. The second kappa shape index (κ2) is 7.09. The molecule has 2 atom stereocenters. The third kappa shape index (κ3) is 4.07. The maximum atomic E-state index is 3.74. The van der Waals surface area contributed by atoms with Crippen LogP contribution in [0, 0.1) is 11.8 Å². The van der Waals surface area contributed by atoms with Crippen LogP contribution in [0.25, 0.3) is 0 Å². The summed E-state index contributed by atoms with van der Waals surface area (Å²) in [5.41, 5.74) is 3.17. The number of fused-ring (bicyclic) bond motifs is 1. The summed E-state index contributed by atoms with van der Waals surface area (Å²) in [5, 5.41) is 3.74. The molecule has 19 heavy (non-hydrogen) atoms. The van der Waals surface area contributed by atoms with E-state index in [1.807, 2.05) is 0 Å². The normalized spacial score (nSPS) is 20.3. The van der Waals surface area contributed by atoms with Crippen LogP contribution in [0.1, 0.15) is 51.2 Å². The zero-order valence-corrected chi connectivity index (χ0v) is 12.8. The third-order valence-corrected chi connectivity index (χ3v) is 4.48. The van der Waals surface area contributed by atoms with Gasteiger partial charge in [0.15, 0.2) is 0 Å². The molecule has 0 aliphatic heterocycles. The van der Waals surface area contributed by atoms with Crippen molar-refractivity contribution < 1.29 is 0 Å². The zero-order valence-electron chi connectivity index (χ0n) is 12.8. The summed E-state index contributed by atoms with van der Waals surface area (Å²) in [5.74, 6) is 1.64. The molecule has 1 aromatic carbocycles. The highest BCUT2D eigenvalue weighted by Gasteiger charge is 2.25. The van der Waals surface area contributed by atoms with E-state index in [1.54, 1.807) is 11.1 Å². The Hall–Kier alpha value is -0.820. The Kier molecular flexibility index (Phi) is 5.45. The molecule has 0 aromatic heterocycles. The quantitative estimate of drug-likeness (QED) is 0.807. The van der Waals surface area contributed by atoms with Crippen molar-refractivity contribution >= 4 is 0 Å². The van der Waals surface area contributed by atoms with Crippen molar-refractivity contribution in [3.8, 4) is 0 Å². The molecule has 0 bridgehead atoms. The number of nitrogens with one attached hydrogen (secondary N) is 1. The predicted octanol–water partition coefficient (Wildman–Crippen LogP) is 4.21. The van der Waals surface area contributed by atoms with Crippen LogP contribution >= 0.6 is 0 Å². The van der Waals surface area contributed by atoms with Crippen LogP contribution in [0.3, 0.4) is 0 Å². The van der Waals surface area contributed by atoms with Gasteiger partial charge in [-0.15, -0.1) is 0 Å². The molecule has 0 fully saturated rings. The van der Waals surface area contributed by atoms with Gasteiger partial charge in [-0.25, -0.2) is 0 Å². The molecule has 0 radical (unpaired) electrons. The summed E-state index contributed by atoms with van der Waals surface area (Å²) in [6, 6.07) is 9.72. The Bertz CT molecular complexity index is 383. The molecule has 0 heterocycles. The first-order valence-electron chi connectivity index (χ1n) is 8.00. The summed E-state index contributed by atoms with van der Waals surface area (Å²) >= 11 is 0. The molecule has 2 unspecified atom stereocenters. The minimum absolute atomic E-state index is 0.709. The highest BCUT2D eigenvalue weighted by Crippen LogP contribution is 2.29. The van der Waals surface area contributed by atoms with Crippen molar-refractivity contribution in [1.29, 1.82) is 0 Å². The van der Waals surface area contributed by atoms with Gasteiger partial charge in [-0.2, -0.15) is 0 Å². The molecule has 1 N–H and O–H groups in total. The number of aryl methyl sites for hydroxylation is 1. The van der Waals surface area contributed by atoms with Gasteiger partial charge in [0, 0.05) is 6.04 Å². The highest BCUT2D eigenvalue weighted by molar-refractivity contribution is 5.30. The van der Waals surface area contributed by atoms with Gasteiger partial charge in [-0.3, -0.25) is 0 Å². The number of hydrogen-bond acceptors (Lipinski definition) is 1. The minimum atomic E-state index is 0.709. The fourth-order valence-electron chi connectivity index (χ4n) is 3.35. The summed E-state index contributed by atoms with van der Waals surface area (Å²) in [4.78, 5) is 0. The lowest BCUT2D eigenvalue weighted by atomic mass is 9.78. The second-order valence-electron chi connectivity index (χ2n) is 6.41. The zero-order chi connectivity index (χ0) is 13.7. The summed E-state index contributed by atoms with van der Waals surface area (Å²) in [6.07, 6.45) is 6.57. The van der Waals surface area contributed by atoms with Crippen LogP contribution in [-0.2, 0) is 12.8 Å². The van der Waals surface area contributed by atoms with Gasteiger partial charge < -0.3 is 5.32 Å². The van der Waals surface area contributed by atoms with E-state index in [9.17, 15) is 0 Å². The van der Waals surface area contributed by atoms with Crippen molar-refractivity contribution in [2.45, 2.75) is 58.9 Å². The lowest BCUT2D eigenvalue weighted by Crippen LogP contribution is -2.39. The van der Waals surface area contributed by atoms with Crippen LogP contribution in [0.5, 0.6) is 0 Å². The van der Waals surface area contributed by atoms with Gasteiger partial charge in [0.05, 0.1) is 0 Å². The standard InChI is InChI=1S/C18H29N/c1-4-19-18(12-9-14(2)3)17-11-10-15-7-5-6-8-16(15)13-17/h5-8,14,17-19H,4,9-13H2,1-3H3. The largest absolute Gasteiger partial charge is 0.314 e. The number of hydrogen-bond donors (Lipinski definition) is 1. The van der Waals surface area contributed by atoms with E-state index >= 15 is 0 Å². The summed E-state index contributed by atoms with van der Waals surface area (Å²) < 4.78 is 0. The van der Waals surface area contributed by atoms with Crippen LogP contribution in [0.15, 0.2) is 24.3 Å². The molecular weight excluding hydrogens is 230 g/mol. The van der Waals surface area contributed by atoms with E-state index < -0.39 is 0 Å². The van der Waals surface area contributed by atoms with Gasteiger partial charge in [-0.1, -0.05) is 45.0 Å². The van der Waals surface area contributed by atoms with Crippen LogP contribution in [-0.4, -0.2) is 12.6 Å². The SMILES string of the molecule is CCNC(CCC(C)C)C1CCc2ccccc2C1. The van der Waals surface area contributed by atoms with E-state index in [2.05, 4.69) is 50.4 Å². The van der Waals surface area contributed by atoms with Crippen LogP contribution in [0.2, 0.25) is 0 Å². The molecular formula is C18H29N. The summed E-state index contributed by atoms with van der Waals surface area (Å²) in [7, 11) is 0. The van der Waals surface area contributed by atoms with E-state index in [-0.39, 0.29) is 0 Å². The lowest BCUT2D eigenvalue weighted by molar-refractivity contribution is 0.294. The topological polar surface area (TPSA) is 12.0 Å². The highest BCUT2D eigenvalue weighted by atomic mass is 14.9. The average Bonchev–Trinajstić information content (AvgIpc) is 2.42. The first kappa shape index (κ1) is 14.6. The fraction of sp³-hybridized carbons (Fsp3) is 0.667. The molecule has 1 aliphatic rings. The lowest BCUT2D eigenvalue weighted by Gasteiger charge is -2.32. The van der Waals surface area contributed by atoms with Crippen molar-refractivity contribution in [1.82, 2.24) is 5.32 Å². The minimum Gasteiger partial charge on any atom is -0.314 e. The van der Waals surface area contributed by atoms with Crippen LogP contribution < -0.4 is 5.32 Å². The molecule has 1 heteroatoms. The Labute approximate surface area is 118 Å². The molecule has 2 rings (SSSR count). The van der Waals surface area contributed by atoms with Gasteiger partial charge in [0.25, 0.3) is 0 Å². The molecule has 0 saturated heterocycles. The fourth-order valence-corrected chi connectivity index (χ4v) is 3.35. The van der Waals surface area contributed by atoms with Crippen molar-refractivity contribution in [2.24, 2.45) is 11.8 Å². The van der Waals surface area contributed by atoms with Crippen molar-refractivity contribution in [3.63, 3.8) is 0 Å². The van der Waals surface area contributed by atoms with Crippen molar-refractivity contribution in [3.05, 3.63) is 35.4 Å². The van der Waals surface area contributed by atoms with Gasteiger partial charge in [0.2, 0.25) is 0 Å². The van der Waals surface area contributed by atoms with E-state index in [4.69, 9.17) is 0 Å². The number of rotatable bonds is 6. The smallest absolute Gasteiger partial charge is 0.00985 e. The Balaban J connectivity index is 1.99. The summed E-state index contributed by atoms with van der Waals surface area (Å²) in [6.45, 7) is 8.00. The van der Waals surface area contributed by atoms with E-state index in [1.165, 1.54) is 32.1 Å². The van der Waals surface area contributed by atoms with Crippen LogP contribution in [0.4, 0.5) is 0 Å². The molecule has 1 aliphatic carbocycles. The monoisotopic (exact) mass is 259 g/mol. The molecule has 0 saturated carbocycles. The first-order chi connectivity index (χ1) is 9.20. The van der Waals surface area contributed by atoms with E-state index in [0.29, 0.717) is 6.04 Å². The molecule has 1 nitrogen and oxygen atoms in total. The van der Waals surface area contributed by atoms with Gasteiger partial charge in [-0.05, 0) is 61.6 Å². The molecule has 0 spiro atoms.